The lowest BCUT2D eigenvalue weighted by Gasteiger charge is -2.21. The Balaban J connectivity index is 1.89. The summed E-state index contributed by atoms with van der Waals surface area (Å²) in [6.07, 6.45) is -0.436. The average Bonchev–Trinajstić information content (AvgIpc) is 2.61. The summed E-state index contributed by atoms with van der Waals surface area (Å²) in [6.45, 7) is 4.71. The molecule has 1 heterocycles. The van der Waals surface area contributed by atoms with Gasteiger partial charge in [0.25, 0.3) is 0 Å². The van der Waals surface area contributed by atoms with Crippen LogP contribution in [0.5, 0.6) is 17.2 Å². The number of phenols is 2. The Labute approximate surface area is 167 Å². The van der Waals surface area contributed by atoms with Crippen molar-refractivity contribution < 1.29 is 38.7 Å². The largest absolute Gasteiger partial charge is 0.508 e. The van der Waals surface area contributed by atoms with E-state index in [9.17, 15) is 24.5 Å². The van der Waals surface area contributed by atoms with Crippen LogP contribution in [0.4, 0.5) is 9.18 Å². The molecular weight excluding hydrogens is 387 g/mol. The minimum absolute atomic E-state index is 0.0119. The smallest absolute Gasteiger partial charge is 0.407 e. The van der Waals surface area contributed by atoms with E-state index >= 15 is 0 Å². The highest BCUT2D eigenvalue weighted by Gasteiger charge is 2.18. The Hall–Kier alpha value is -2.85. The van der Waals surface area contributed by atoms with Crippen LogP contribution in [0.2, 0.25) is 0 Å². The molecule has 29 heavy (non-hydrogen) atoms. The molecule has 0 aliphatic rings. The lowest BCUT2D eigenvalue weighted by atomic mass is 10.1. The summed E-state index contributed by atoms with van der Waals surface area (Å²) in [5, 5.41) is 31.3. The quantitative estimate of drug-likeness (QED) is 0.485. The number of hydrogen-bond acceptors (Lipinski definition) is 8. The Bertz CT molecular complexity index is 855. The van der Waals surface area contributed by atoms with Crippen molar-refractivity contribution >= 4 is 17.0 Å². The molecule has 4 N–H and O–H groups in total. The predicted molar refractivity (Wildman–Crippen MR) is 102 cm³/mol. The fourth-order valence-electron chi connectivity index (χ4n) is 2.42. The Kier molecular flexibility index (Phi) is 7.40. The van der Waals surface area contributed by atoms with Gasteiger partial charge in [-0.15, -0.1) is 0 Å². The fraction of sp³-hybridized carbons (Fsp3) is 0.474. The average molecular weight is 412 g/mol. The van der Waals surface area contributed by atoms with Crippen molar-refractivity contribution in [2.75, 3.05) is 26.4 Å². The zero-order chi connectivity index (χ0) is 21.6. The first kappa shape index (κ1) is 22.4. The van der Waals surface area contributed by atoms with Crippen LogP contribution in [-0.4, -0.2) is 64.5 Å². The molecule has 0 bridgehead atoms. The molecule has 0 spiro atoms. The van der Waals surface area contributed by atoms with Gasteiger partial charge in [-0.1, -0.05) is 0 Å². The lowest BCUT2D eigenvalue weighted by Crippen LogP contribution is -2.39. The number of aliphatic hydroxyl groups is 1. The van der Waals surface area contributed by atoms with Gasteiger partial charge in [0.2, 0.25) is 0 Å². The third-order valence-electron chi connectivity index (χ3n) is 3.60. The van der Waals surface area contributed by atoms with E-state index in [1.807, 2.05) is 0 Å². The normalized spacial score (nSPS) is 12.6. The van der Waals surface area contributed by atoms with E-state index in [1.165, 1.54) is 6.07 Å². The number of hydrogen-bond donors (Lipinski definition) is 4. The molecule has 9 nitrogen and oxygen atoms in total. The molecule has 2 aromatic rings. The van der Waals surface area contributed by atoms with Crippen LogP contribution in [0.15, 0.2) is 18.3 Å². The van der Waals surface area contributed by atoms with Crippen molar-refractivity contribution in [1.29, 1.82) is 0 Å². The molecule has 10 heteroatoms. The third-order valence-corrected chi connectivity index (χ3v) is 3.60. The Morgan fingerprint density at radius 2 is 2.00 bits per heavy atom. The number of aromatic nitrogens is 1. The maximum atomic E-state index is 14.1. The van der Waals surface area contributed by atoms with E-state index in [-0.39, 0.29) is 54.5 Å². The zero-order valence-corrected chi connectivity index (χ0v) is 16.4. The molecule has 0 aliphatic heterocycles. The number of aromatic hydroxyl groups is 2. The van der Waals surface area contributed by atoms with E-state index in [0.29, 0.717) is 0 Å². The van der Waals surface area contributed by atoms with Crippen molar-refractivity contribution in [2.45, 2.75) is 32.5 Å². The minimum atomic E-state index is -0.788. The SMILES string of the molecule is CC(C)(C)OC(=O)NC[C@@H](CO)OCCOc1c(F)cnc2cc(O)cc(O)c12. The number of amides is 1. The van der Waals surface area contributed by atoms with Gasteiger partial charge in [-0.05, 0) is 20.8 Å². The topological polar surface area (TPSA) is 130 Å². The molecule has 0 radical (unpaired) electrons. The number of halogens is 1. The molecule has 0 fully saturated rings. The van der Waals surface area contributed by atoms with Gasteiger partial charge in [-0.3, -0.25) is 4.98 Å². The number of pyridine rings is 1. The molecular formula is C19H25FN2O7. The van der Waals surface area contributed by atoms with Crippen LogP contribution < -0.4 is 10.1 Å². The number of phenolic OH excluding ortho intramolecular Hbond substituents is 2. The number of carbonyl (C=O) groups excluding carboxylic acids is 1. The molecule has 0 unspecified atom stereocenters. The van der Waals surface area contributed by atoms with Crippen LogP contribution in [0, 0.1) is 5.82 Å². The summed E-state index contributed by atoms with van der Waals surface area (Å²) >= 11 is 0. The first-order chi connectivity index (χ1) is 13.6. The summed E-state index contributed by atoms with van der Waals surface area (Å²) in [6, 6.07) is 2.32. The maximum absolute atomic E-state index is 14.1. The molecule has 1 aromatic heterocycles. The molecule has 0 saturated carbocycles. The number of carbonyl (C=O) groups is 1. The van der Waals surface area contributed by atoms with Crippen LogP contribution >= 0.6 is 0 Å². The number of nitrogens with one attached hydrogen (secondary N) is 1. The Morgan fingerprint density at radius 1 is 1.28 bits per heavy atom. The number of benzene rings is 1. The first-order valence-electron chi connectivity index (χ1n) is 8.93. The van der Waals surface area contributed by atoms with Gasteiger partial charge >= 0.3 is 6.09 Å². The molecule has 0 saturated heterocycles. The van der Waals surface area contributed by atoms with Crippen molar-refractivity contribution in [3.8, 4) is 17.2 Å². The van der Waals surface area contributed by atoms with Crippen LogP contribution in [-0.2, 0) is 9.47 Å². The van der Waals surface area contributed by atoms with Crippen molar-refractivity contribution in [2.24, 2.45) is 0 Å². The Morgan fingerprint density at radius 3 is 2.66 bits per heavy atom. The van der Waals surface area contributed by atoms with E-state index in [2.05, 4.69) is 10.3 Å². The van der Waals surface area contributed by atoms with Crippen molar-refractivity contribution in [3.05, 3.63) is 24.1 Å². The van der Waals surface area contributed by atoms with Crippen LogP contribution in [0.3, 0.4) is 0 Å². The predicted octanol–water partition coefficient (Wildman–Crippen LogP) is 2.07. The highest BCUT2D eigenvalue weighted by Crippen LogP contribution is 2.36. The minimum Gasteiger partial charge on any atom is -0.508 e. The molecule has 1 atom stereocenters. The van der Waals surface area contributed by atoms with Gasteiger partial charge in [-0.25, -0.2) is 9.18 Å². The summed E-state index contributed by atoms with van der Waals surface area (Å²) in [7, 11) is 0. The monoisotopic (exact) mass is 412 g/mol. The van der Waals surface area contributed by atoms with E-state index < -0.39 is 23.6 Å². The molecule has 2 rings (SSSR count). The van der Waals surface area contributed by atoms with Crippen LogP contribution in [0.25, 0.3) is 10.9 Å². The lowest BCUT2D eigenvalue weighted by molar-refractivity contribution is -0.00250. The standard InChI is InChI=1S/C19H25FN2O7/c1-19(2,3)29-18(26)22-8-12(10-23)27-4-5-28-17-13(20)9-21-14-6-11(24)7-15(25)16(14)17/h6-7,9,12,23-25H,4-5,8,10H2,1-3H3,(H,22,26)/t12-/m0/s1. The molecule has 1 amide bonds. The highest BCUT2D eigenvalue weighted by molar-refractivity contribution is 5.91. The highest BCUT2D eigenvalue weighted by atomic mass is 19.1. The maximum Gasteiger partial charge on any atom is 0.407 e. The number of nitrogens with zero attached hydrogens (tertiary/aromatic N) is 1. The first-order valence-corrected chi connectivity index (χ1v) is 8.93. The second-order valence-corrected chi connectivity index (χ2v) is 7.20. The summed E-state index contributed by atoms with van der Waals surface area (Å²) < 4.78 is 30.0. The molecule has 160 valence electrons. The summed E-state index contributed by atoms with van der Waals surface area (Å²) in [5.74, 6) is -1.61. The van der Waals surface area contributed by atoms with Gasteiger partial charge in [0.15, 0.2) is 11.6 Å². The number of ether oxygens (including phenoxy) is 3. The summed E-state index contributed by atoms with van der Waals surface area (Å²) in [4.78, 5) is 15.4. The zero-order valence-electron chi connectivity index (χ0n) is 16.4. The van der Waals surface area contributed by atoms with Gasteiger partial charge in [0.05, 0.1) is 36.4 Å². The van der Waals surface area contributed by atoms with Crippen molar-refractivity contribution in [3.63, 3.8) is 0 Å². The third kappa shape index (κ3) is 6.61. The van der Waals surface area contributed by atoms with Crippen molar-refractivity contribution in [1.82, 2.24) is 10.3 Å². The van der Waals surface area contributed by atoms with E-state index in [4.69, 9.17) is 14.2 Å². The van der Waals surface area contributed by atoms with Gasteiger partial charge in [0, 0.05) is 18.7 Å². The van der Waals surface area contributed by atoms with E-state index in [1.54, 1.807) is 20.8 Å². The van der Waals surface area contributed by atoms with E-state index in [0.717, 1.165) is 12.3 Å². The van der Waals surface area contributed by atoms with Gasteiger partial charge < -0.3 is 34.8 Å². The second-order valence-electron chi connectivity index (χ2n) is 7.20. The number of alkyl carbamates (subject to hydrolysis) is 1. The molecule has 0 aliphatic carbocycles. The number of rotatable bonds is 8. The number of fused-ring (bicyclic) bond motifs is 1. The van der Waals surface area contributed by atoms with Gasteiger partial charge in [0.1, 0.15) is 23.7 Å². The van der Waals surface area contributed by atoms with Gasteiger partial charge in [-0.2, -0.15) is 0 Å². The molecule has 1 aromatic carbocycles. The van der Waals surface area contributed by atoms with Crippen LogP contribution in [0.1, 0.15) is 20.8 Å². The summed E-state index contributed by atoms with van der Waals surface area (Å²) in [5.41, 5.74) is -0.484. The number of aliphatic hydroxyl groups excluding tert-OH is 1. The second kappa shape index (κ2) is 9.57. The fourth-order valence-corrected chi connectivity index (χ4v) is 2.42.